The number of amides is 1. The molecule has 0 radical (unpaired) electrons. The number of hydrogen-bond donors (Lipinski definition) is 2. The van der Waals surface area contributed by atoms with Gasteiger partial charge in [-0.1, -0.05) is 0 Å². The highest BCUT2D eigenvalue weighted by molar-refractivity contribution is 7.89. The maximum Gasteiger partial charge on any atom is 0.246 e. The first-order valence-corrected chi connectivity index (χ1v) is 13.0. The minimum absolute atomic E-state index is 0.0735. The molecule has 7 nitrogen and oxygen atoms in total. The molecule has 5 aliphatic rings. The fourth-order valence-corrected chi connectivity index (χ4v) is 9.22. The van der Waals surface area contributed by atoms with E-state index in [9.17, 15) is 13.2 Å². The Kier molecular flexibility index (Phi) is 5.01. The van der Waals surface area contributed by atoms with Crippen LogP contribution in [0.3, 0.4) is 0 Å². The van der Waals surface area contributed by atoms with Crippen LogP contribution in [0.5, 0.6) is 0 Å². The van der Waals surface area contributed by atoms with E-state index in [2.05, 4.69) is 15.5 Å². The van der Waals surface area contributed by atoms with Crippen molar-refractivity contribution < 1.29 is 13.2 Å². The number of rotatable bonds is 5. The van der Waals surface area contributed by atoms with E-state index in [-0.39, 0.29) is 17.4 Å². The molecule has 0 unspecified atom stereocenters. The van der Waals surface area contributed by atoms with Crippen molar-refractivity contribution in [3.8, 4) is 0 Å². The van der Waals surface area contributed by atoms with Crippen molar-refractivity contribution in [3.63, 3.8) is 0 Å². The molecule has 4 aliphatic carbocycles. The lowest BCUT2D eigenvalue weighted by atomic mass is 9.49. The van der Waals surface area contributed by atoms with Gasteiger partial charge in [0.05, 0.1) is 11.4 Å². The van der Waals surface area contributed by atoms with Gasteiger partial charge in [0.15, 0.2) is 0 Å². The van der Waals surface area contributed by atoms with Crippen molar-refractivity contribution >= 4 is 15.9 Å². The summed E-state index contributed by atoms with van der Waals surface area (Å²) < 4.78 is 27.6. The largest absolute Gasteiger partial charge is 0.353 e. The molecule has 1 aromatic heterocycles. The van der Waals surface area contributed by atoms with Crippen LogP contribution in [-0.2, 0) is 14.8 Å². The van der Waals surface area contributed by atoms with Gasteiger partial charge in [-0.05, 0) is 88.4 Å². The summed E-state index contributed by atoms with van der Waals surface area (Å²) in [5.41, 5.74) is 1.34. The summed E-state index contributed by atoms with van der Waals surface area (Å²) in [6.45, 7) is 4.33. The Morgan fingerprint density at radius 3 is 2.17 bits per heavy atom. The van der Waals surface area contributed by atoms with E-state index in [4.69, 9.17) is 0 Å². The number of sulfonamides is 1. The summed E-state index contributed by atoms with van der Waals surface area (Å²) in [7, 11) is -3.54. The topological polar surface area (TPSA) is 95.2 Å². The van der Waals surface area contributed by atoms with Crippen molar-refractivity contribution in [1.82, 2.24) is 19.8 Å². The Labute approximate surface area is 179 Å². The van der Waals surface area contributed by atoms with Gasteiger partial charge in [-0.3, -0.25) is 9.89 Å². The molecule has 1 saturated heterocycles. The molecule has 0 spiro atoms. The number of aromatic amines is 1. The molecule has 8 heteroatoms. The Morgan fingerprint density at radius 1 is 1.10 bits per heavy atom. The van der Waals surface area contributed by atoms with Crippen LogP contribution < -0.4 is 5.32 Å². The smallest absolute Gasteiger partial charge is 0.246 e. The second kappa shape index (κ2) is 7.33. The minimum Gasteiger partial charge on any atom is -0.353 e. The molecule has 6 rings (SSSR count). The molecule has 0 aromatic carbocycles. The first-order valence-electron chi connectivity index (χ1n) is 11.6. The number of aromatic nitrogens is 2. The van der Waals surface area contributed by atoms with Gasteiger partial charge in [-0.2, -0.15) is 9.40 Å². The Balaban J connectivity index is 1.16. The van der Waals surface area contributed by atoms with Crippen LogP contribution in [0.2, 0.25) is 0 Å². The number of nitrogens with zero attached hydrogens (tertiary/aromatic N) is 2. The molecule has 4 saturated carbocycles. The van der Waals surface area contributed by atoms with Gasteiger partial charge in [0.25, 0.3) is 0 Å². The van der Waals surface area contributed by atoms with Gasteiger partial charge in [0.2, 0.25) is 15.9 Å². The number of nitrogens with one attached hydrogen (secondary N) is 2. The van der Waals surface area contributed by atoms with E-state index >= 15 is 0 Å². The van der Waals surface area contributed by atoms with E-state index < -0.39 is 10.0 Å². The minimum atomic E-state index is -3.54. The number of H-pyrrole nitrogens is 1. The van der Waals surface area contributed by atoms with Crippen molar-refractivity contribution in [3.05, 3.63) is 11.4 Å². The number of carbonyl (C=O) groups excluding carboxylic acids is 1. The van der Waals surface area contributed by atoms with Gasteiger partial charge in [0, 0.05) is 25.6 Å². The maximum absolute atomic E-state index is 13.0. The molecular formula is C22H34N4O3S. The van der Waals surface area contributed by atoms with Gasteiger partial charge >= 0.3 is 0 Å². The summed E-state index contributed by atoms with van der Waals surface area (Å²) >= 11 is 0. The lowest BCUT2D eigenvalue weighted by Crippen LogP contribution is -2.50. The summed E-state index contributed by atoms with van der Waals surface area (Å²) in [6, 6.07) is 0.0735. The highest BCUT2D eigenvalue weighted by atomic mass is 32.2. The zero-order chi connectivity index (χ0) is 21.1. The molecular weight excluding hydrogens is 400 g/mol. The van der Waals surface area contributed by atoms with E-state index in [1.54, 1.807) is 18.2 Å². The van der Waals surface area contributed by atoms with E-state index in [0.29, 0.717) is 48.6 Å². The van der Waals surface area contributed by atoms with Crippen LogP contribution in [0.15, 0.2) is 4.90 Å². The van der Waals surface area contributed by atoms with Crippen LogP contribution in [0.25, 0.3) is 0 Å². The summed E-state index contributed by atoms with van der Waals surface area (Å²) in [5.74, 6) is 2.74. The molecule has 1 aromatic rings. The van der Waals surface area contributed by atoms with Gasteiger partial charge in [-0.25, -0.2) is 8.42 Å². The summed E-state index contributed by atoms with van der Waals surface area (Å²) in [5, 5.41) is 10.0. The molecule has 166 valence electrons. The van der Waals surface area contributed by atoms with E-state index in [1.165, 1.54) is 38.5 Å². The van der Waals surface area contributed by atoms with Crippen LogP contribution in [-0.4, -0.2) is 48.0 Å². The molecule has 2 heterocycles. The molecule has 30 heavy (non-hydrogen) atoms. The van der Waals surface area contributed by atoms with Crippen LogP contribution in [0.1, 0.15) is 69.2 Å². The Bertz CT molecular complexity index is 875. The quantitative estimate of drug-likeness (QED) is 0.745. The molecule has 0 atom stereocenters. The molecule has 1 amide bonds. The van der Waals surface area contributed by atoms with Crippen LogP contribution >= 0.6 is 0 Å². The predicted octanol–water partition coefficient (Wildman–Crippen LogP) is 2.90. The predicted molar refractivity (Wildman–Crippen MR) is 113 cm³/mol. The van der Waals surface area contributed by atoms with Gasteiger partial charge in [0.1, 0.15) is 4.90 Å². The third-order valence-electron chi connectivity index (χ3n) is 8.18. The number of carbonyl (C=O) groups is 1. The average molecular weight is 435 g/mol. The Morgan fingerprint density at radius 2 is 1.67 bits per heavy atom. The van der Waals surface area contributed by atoms with Gasteiger partial charge < -0.3 is 5.32 Å². The van der Waals surface area contributed by atoms with Crippen LogP contribution in [0, 0.1) is 37.0 Å². The lowest BCUT2D eigenvalue weighted by molar-refractivity contribution is -0.130. The number of piperidine rings is 1. The highest BCUT2D eigenvalue weighted by Gasteiger charge is 2.51. The summed E-state index contributed by atoms with van der Waals surface area (Å²) in [6.07, 6.45) is 9.91. The molecule has 5 fully saturated rings. The fourth-order valence-electron chi connectivity index (χ4n) is 7.42. The zero-order valence-electron chi connectivity index (χ0n) is 18.1. The maximum atomic E-state index is 13.0. The molecule has 2 N–H and O–H groups in total. The number of aryl methyl sites for hydroxylation is 2. The first-order chi connectivity index (χ1) is 14.2. The summed E-state index contributed by atoms with van der Waals surface area (Å²) in [4.78, 5) is 13.2. The van der Waals surface area contributed by atoms with Crippen LogP contribution in [0.4, 0.5) is 0 Å². The second-order valence-corrected chi connectivity index (χ2v) is 12.5. The van der Waals surface area contributed by atoms with Crippen molar-refractivity contribution in [2.45, 2.75) is 82.6 Å². The highest BCUT2D eigenvalue weighted by Crippen LogP contribution is 2.61. The standard InChI is InChI=1S/C22H34N4O3S/c1-14-21(15(2)25-24-14)30(28,29)26-5-3-19(4-6-26)23-20(27)13-22-10-16-7-17(11-22)9-18(8-16)12-22/h16-19H,3-13H2,1-2H3,(H,23,27)(H,24,25). The average Bonchev–Trinajstić information content (AvgIpc) is 2.99. The Hall–Kier alpha value is -1.41. The zero-order valence-corrected chi connectivity index (χ0v) is 18.9. The van der Waals surface area contributed by atoms with E-state index in [1.807, 2.05) is 0 Å². The van der Waals surface area contributed by atoms with E-state index in [0.717, 1.165) is 17.8 Å². The van der Waals surface area contributed by atoms with Gasteiger partial charge in [-0.15, -0.1) is 0 Å². The third kappa shape index (κ3) is 3.60. The molecule has 1 aliphatic heterocycles. The molecule has 4 bridgehead atoms. The van der Waals surface area contributed by atoms with Crippen molar-refractivity contribution in [1.29, 1.82) is 0 Å². The third-order valence-corrected chi connectivity index (χ3v) is 10.3. The van der Waals surface area contributed by atoms with Crippen molar-refractivity contribution in [2.24, 2.45) is 23.2 Å². The second-order valence-electron chi connectivity index (χ2n) is 10.6. The lowest BCUT2D eigenvalue weighted by Gasteiger charge is -2.56. The monoisotopic (exact) mass is 434 g/mol. The SMILES string of the molecule is Cc1n[nH]c(C)c1S(=O)(=O)N1CCC(NC(=O)CC23CC4CC(CC(C4)C2)C3)CC1. The normalized spacial score (nSPS) is 34.4. The van der Waals surface area contributed by atoms with Crippen molar-refractivity contribution in [2.75, 3.05) is 13.1 Å². The fraction of sp³-hybridized carbons (Fsp3) is 0.818. The first kappa shape index (κ1) is 20.5. The number of hydrogen-bond acceptors (Lipinski definition) is 4.